The minimum absolute atomic E-state index is 0. The Balaban J connectivity index is -0.00000153. The van der Waals surface area contributed by atoms with Gasteiger partial charge in [0.15, 0.2) is 0 Å². The molecule has 0 heterocycles. The van der Waals surface area contributed by atoms with Crippen LogP contribution < -0.4 is 63.9 Å². The second-order valence-corrected chi connectivity index (χ2v) is 8.02. The summed E-state index contributed by atoms with van der Waals surface area (Å²) in [5.41, 5.74) is 0.801. The molecule has 1 atom stereocenters. The second kappa shape index (κ2) is 20.7. The molecule has 4 N–H and O–H groups in total. The Morgan fingerprint density at radius 1 is 0.784 bits per heavy atom. The van der Waals surface area contributed by atoms with E-state index < -0.39 is 43.0 Å². The van der Waals surface area contributed by atoms with Crippen molar-refractivity contribution in [2.75, 3.05) is 59.0 Å². The number of carboxylic acids is 4. The zero-order valence-electron chi connectivity index (χ0n) is 24.1. The Morgan fingerprint density at radius 2 is 1.24 bits per heavy atom. The monoisotopic (exact) mass is 545 g/mol. The number of aliphatic carboxylic acids is 4. The van der Waals surface area contributed by atoms with Gasteiger partial charge >= 0.3 is 83.0 Å². The fraction of sp³-hybridized carbons (Fsp3) is 0.565. The third kappa shape index (κ3) is 17.1. The summed E-state index contributed by atoms with van der Waals surface area (Å²) in [6.45, 7) is 3.53. The maximum Gasteiger partial charge on any atom is 1.00 e. The summed E-state index contributed by atoms with van der Waals surface area (Å²) in [4.78, 5) is 50.0. The SMILES string of the molecule is CCOc1ccc(C[C@@H](CN(CCN(CC)CC(=O)O)CC(=O)O)N(CC(=O)O)CC(=O)O)cc1.[H-].[H-].[Na+].[Na+]. The molecule has 14 heteroatoms. The van der Waals surface area contributed by atoms with Crippen LogP contribution in [0.2, 0.25) is 0 Å². The topological polar surface area (TPSA) is 168 Å². The molecule has 0 saturated carbocycles. The first-order valence-electron chi connectivity index (χ1n) is 11.3. The van der Waals surface area contributed by atoms with E-state index in [0.29, 0.717) is 18.9 Å². The van der Waals surface area contributed by atoms with Crippen LogP contribution in [0.15, 0.2) is 24.3 Å². The molecule has 0 spiro atoms. The minimum Gasteiger partial charge on any atom is -1.00 e. The molecule has 0 aliphatic heterocycles. The van der Waals surface area contributed by atoms with Gasteiger partial charge in [-0.25, -0.2) is 0 Å². The number of nitrogens with zero attached hydrogens (tertiary/aromatic N) is 3. The molecule has 1 aromatic rings. The number of hydrogen-bond donors (Lipinski definition) is 4. The first-order valence-corrected chi connectivity index (χ1v) is 11.3. The van der Waals surface area contributed by atoms with Crippen molar-refractivity contribution in [2.45, 2.75) is 26.3 Å². The molecule has 37 heavy (non-hydrogen) atoms. The largest absolute Gasteiger partial charge is 1.00 e. The maximum absolute atomic E-state index is 11.5. The maximum atomic E-state index is 11.5. The van der Waals surface area contributed by atoms with Crippen molar-refractivity contribution in [1.29, 1.82) is 0 Å². The first-order chi connectivity index (χ1) is 16.5. The number of benzene rings is 1. The van der Waals surface area contributed by atoms with E-state index in [1.165, 1.54) is 4.90 Å². The molecule has 1 aromatic carbocycles. The van der Waals surface area contributed by atoms with Crippen molar-refractivity contribution < 1.29 is 106 Å². The molecule has 0 aliphatic carbocycles. The van der Waals surface area contributed by atoms with Crippen LogP contribution in [0.3, 0.4) is 0 Å². The van der Waals surface area contributed by atoms with Crippen LogP contribution >= 0.6 is 0 Å². The molecule has 0 fully saturated rings. The number of carbonyl (C=O) groups is 4. The summed E-state index contributed by atoms with van der Waals surface area (Å²) < 4.78 is 5.43. The van der Waals surface area contributed by atoms with Gasteiger partial charge in [0, 0.05) is 25.7 Å². The van der Waals surface area contributed by atoms with Crippen LogP contribution in [0.5, 0.6) is 5.75 Å². The van der Waals surface area contributed by atoms with Gasteiger partial charge in [0.05, 0.1) is 32.8 Å². The molecule has 0 saturated heterocycles. The fourth-order valence-corrected chi connectivity index (χ4v) is 3.68. The molecule has 0 unspecified atom stereocenters. The van der Waals surface area contributed by atoms with Gasteiger partial charge in [-0.15, -0.1) is 0 Å². The Kier molecular flexibility index (Phi) is 21.2. The molecule has 200 valence electrons. The van der Waals surface area contributed by atoms with Crippen molar-refractivity contribution >= 4 is 23.9 Å². The zero-order valence-corrected chi connectivity index (χ0v) is 26.1. The predicted molar refractivity (Wildman–Crippen MR) is 128 cm³/mol. The van der Waals surface area contributed by atoms with E-state index in [2.05, 4.69) is 0 Å². The Hall–Kier alpha value is -1.22. The van der Waals surface area contributed by atoms with E-state index >= 15 is 0 Å². The molecule has 0 aromatic heterocycles. The predicted octanol–water partition coefficient (Wildman–Crippen LogP) is -5.51. The molecular weight excluding hydrogens is 508 g/mol. The van der Waals surface area contributed by atoms with Crippen LogP contribution in [-0.2, 0) is 25.6 Å². The van der Waals surface area contributed by atoms with E-state index in [0.717, 1.165) is 5.56 Å². The van der Waals surface area contributed by atoms with Crippen LogP contribution in [0, 0.1) is 0 Å². The molecule has 0 aliphatic rings. The van der Waals surface area contributed by atoms with Crippen molar-refractivity contribution in [3.8, 4) is 5.75 Å². The summed E-state index contributed by atoms with van der Waals surface area (Å²) in [7, 11) is 0. The number of carboxylic acid groups (broad SMARTS) is 4. The molecule has 0 amide bonds. The molecule has 1 rings (SSSR count). The molecular formula is C23H37N3Na2O9. The number of hydrogen-bond acceptors (Lipinski definition) is 8. The molecule has 0 bridgehead atoms. The van der Waals surface area contributed by atoms with E-state index in [9.17, 15) is 34.5 Å². The van der Waals surface area contributed by atoms with Gasteiger partial charge in [0.1, 0.15) is 5.75 Å². The van der Waals surface area contributed by atoms with Gasteiger partial charge in [0.2, 0.25) is 0 Å². The first kappa shape index (κ1) is 37.9. The third-order valence-corrected chi connectivity index (χ3v) is 5.27. The number of rotatable bonds is 19. The van der Waals surface area contributed by atoms with Crippen molar-refractivity contribution in [3.63, 3.8) is 0 Å². The third-order valence-electron chi connectivity index (χ3n) is 5.27. The van der Waals surface area contributed by atoms with E-state index in [1.807, 2.05) is 6.92 Å². The zero-order chi connectivity index (χ0) is 26.4. The average Bonchev–Trinajstić information content (AvgIpc) is 2.75. The van der Waals surface area contributed by atoms with E-state index in [4.69, 9.17) is 9.84 Å². The van der Waals surface area contributed by atoms with Gasteiger partial charge in [-0.3, -0.25) is 33.9 Å². The van der Waals surface area contributed by atoms with Crippen molar-refractivity contribution in [2.24, 2.45) is 0 Å². The summed E-state index contributed by atoms with van der Waals surface area (Å²) in [5, 5.41) is 37.2. The Morgan fingerprint density at radius 3 is 1.68 bits per heavy atom. The summed E-state index contributed by atoms with van der Waals surface area (Å²) in [6, 6.07) is 6.48. The van der Waals surface area contributed by atoms with Gasteiger partial charge in [0.25, 0.3) is 0 Å². The van der Waals surface area contributed by atoms with E-state index in [-0.39, 0.29) is 101 Å². The van der Waals surface area contributed by atoms with Crippen LogP contribution in [-0.4, -0.2) is 124 Å². The number of likely N-dealkylation sites (N-methyl/N-ethyl adjacent to an activating group) is 1. The van der Waals surface area contributed by atoms with Crippen LogP contribution in [0.4, 0.5) is 0 Å². The van der Waals surface area contributed by atoms with Gasteiger partial charge in [-0.1, -0.05) is 19.1 Å². The fourth-order valence-electron chi connectivity index (χ4n) is 3.68. The molecule has 12 nitrogen and oxygen atoms in total. The normalized spacial score (nSPS) is 11.5. The summed E-state index contributed by atoms with van der Waals surface area (Å²) >= 11 is 0. The summed E-state index contributed by atoms with van der Waals surface area (Å²) in [6.07, 6.45) is 0.274. The smallest absolute Gasteiger partial charge is 1.00 e. The second-order valence-electron chi connectivity index (χ2n) is 8.02. The number of ether oxygens (including phenoxy) is 1. The Bertz CT molecular complexity index is 839. The quantitative estimate of drug-likeness (QED) is 0.122. The van der Waals surface area contributed by atoms with Gasteiger partial charge < -0.3 is 28.0 Å². The standard InChI is InChI=1S/C23H35N3O9.2Na.2H/c1-3-24(13-20(27)28)9-10-25(14-21(29)30)12-18(26(15-22(31)32)16-23(33)34)11-17-5-7-19(8-6-17)35-4-2;;;;/h5-8,18H,3-4,9-16H2,1-2H3,(H,27,28)(H,29,30)(H,31,32)(H,33,34);;;;/q;2*+1;2*-1/t18-;;;;/m0..../s1. The van der Waals surface area contributed by atoms with Gasteiger partial charge in [-0.05, 0) is 37.6 Å². The minimum atomic E-state index is -1.20. The average molecular weight is 546 g/mol. The van der Waals surface area contributed by atoms with Crippen molar-refractivity contribution in [3.05, 3.63) is 29.8 Å². The van der Waals surface area contributed by atoms with Crippen LogP contribution in [0.25, 0.3) is 0 Å². The van der Waals surface area contributed by atoms with E-state index in [1.54, 1.807) is 41.0 Å². The molecule has 0 radical (unpaired) electrons. The van der Waals surface area contributed by atoms with Crippen LogP contribution in [0.1, 0.15) is 22.3 Å². The van der Waals surface area contributed by atoms with Gasteiger partial charge in [-0.2, -0.15) is 0 Å². The Labute approximate surface area is 264 Å². The summed E-state index contributed by atoms with van der Waals surface area (Å²) in [5.74, 6) is -3.85. The van der Waals surface area contributed by atoms with Crippen molar-refractivity contribution in [1.82, 2.24) is 14.7 Å².